The van der Waals surface area contributed by atoms with Crippen LogP contribution in [0.25, 0.3) is 0 Å². The standard InChI is InChI=1S/C18H18O6/c1-23-18(24-2)14(11-7-4-3-5-8-11)12-9-6-10-13(16(19)20)15(12)17(21)22/h3-10,14,18H,1-2H3,(H,19,20)(H,21,22). The number of aromatic carboxylic acids is 2. The number of methoxy groups -OCH3 is 2. The number of carboxylic acids is 2. The van der Waals surface area contributed by atoms with E-state index in [0.29, 0.717) is 5.56 Å². The minimum absolute atomic E-state index is 0.266. The topological polar surface area (TPSA) is 93.1 Å². The number of rotatable bonds is 7. The van der Waals surface area contributed by atoms with Crippen LogP contribution in [0, 0.1) is 0 Å². The second-order valence-corrected chi connectivity index (χ2v) is 5.11. The lowest BCUT2D eigenvalue weighted by atomic mass is 9.85. The molecule has 6 nitrogen and oxygen atoms in total. The molecule has 0 radical (unpaired) electrons. The van der Waals surface area contributed by atoms with E-state index in [2.05, 4.69) is 0 Å². The quantitative estimate of drug-likeness (QED) is 0.758. The fourth-order valence-corrected chi connectivity index (χ4v) is 2.76. The first-order chi connectivity index (χ1) is 11.5. The van der Waals surface area contributed by atoms with Gasteiger partial charge in [-0.2, -0.15) is 0 Å². The molecule has 0 aliphatic carbocycles. The van der Waals surface area contributed by atoms with Gasteiger partial charge < -0.3 is 19.7 Å². The molecule has 0 saturated heterocycles. The van der Waals surface area contributed by atoms with Crippen molar-refractivity contribution in [2.24, 2.45) is 0 Å². The zero-order chi connectivity index (χ0) is 17.7. The number of hydrogen-bond acceptors (Lipinski definition) is 4. The second-order valence-electron chi connectivity index (χ2n) is 5.11. The van der Waals surface area contributed by atoms with Crippen molar-refractivity contribution in [3.63, 3.8) is 0 Å². The molecule has 2 rings (SSSR count). The van der Waals surface area contributed by atoms with Crippen LogP contribution in [-0.2, 0) is 9.47 Å². The molecule has 0 aromatic heterocycles. The van der Waals surface area contributed by atoms with Crippen LogP contribution in [0.2, 0.25) is 0 Å². The van der Waals surface area contributed by atoms with Crippen LogP contribution in [0.4, 0.5) is 0 Å². The molecule has 0 aliphatic rings. The highest BCUT2D eigenvalue weighted by Gasteiger charge is 2.31. The maximum absolute atomic E-state index is 11.7. The van der Waals surface area contributed by atoms with E-state index >= 15 is 0 Å². The average molecular weight is 330 g/mol. The summed E-state index contributed by atoms with van der Waals surface area (Å²) in [6, 6.07) is 13.5. The maximum atomic E-state index is 11.7. The highest BCUT2D eigenvalue weighted by atomic mass is 16.7. The summed E-state index contributed by atoms with van der Waals surface area (Å²) in [5.41, 5.74) is 0.545. The van der Waals surface area contributed by atoms with Gasteiger partial charge in [0.1, 0.15) is 0 Å². The molecule has 2 aromatic carbocycles. The van der Waals surface area contributed by atoms with E-state index in [1.807, 2.05) is 30.3 Å². The average Bonchev–Trinajstić information content (AvgIpc) is 2.59. The Balaban J connectivity index is 2.73. The molecule has 0 bridgehead atoms. The largest absolute Gasteiger partial charge is 0.478 e. The van der Waals surface area contributed by atoms with Crippen molar-refractivity contribution in [2.45, 2.75) is 12.2 Å². The number of hydrogen-bond donors (Lipinski definition) is 2. The van der Waals surface area contributed by atoms with Gasteiger partial charge in [-0.25, -0.2) is 9.59 Å². The Hall–Kier alpha value is -2.70. The van der Waals surface area contributed by atoms with Crippen LogP contribution in [0.3, 0.4) is 0 Å². The Morgan fingerprint density at radius 2 is 1.50 bits per heavy atom. The summed E-state index contributed by atoms with van der Waals surface area (Å²) in [6.45, 7) is 0. The van der Waals surface area contributed by atoms with E-state index < -0.39 is 24.1 Å². The zero-order valence-corrected chi connectivity index (χ0v) is 13.3. The molecular weight excluding hydrogens is 312 g/mol. The van der Waals surface area contributed by atoms with E-state index in [1.54, 1.807) is 6.07 Å². The Morgan fingerprint density at radius 1 is 0.875 bits per heavy atom. The normalized spacial score (nSPS) is 12.1. The van der Waals surface area contributed by atoms with Crippen LogP contribution in [0.1, 0.15) is 37.8 Å². The van der Waals surface area contributed by atoms with Gasteiger partial charge in [-0.05, 0) is 17.2 Å². The van der Waals surface area contributed by atoms with Crippen LogP contribution in [0.5, 0.6) is 0 Å². The Morgan fingerprint density at radius 3 is 2.00 bits per heavy atom. The predicted molar refractivity (Wildman–Crippen MR) is 86.5 cm³/mol. The highest BCUT2D eigenvalue weighted by Crippen LogP contribution is 2.33. The molecule has 0 fully saturated rings. The van der Waals surface area contributed by atoms with E-state index in [-0.39, 0.29) is 11.1 Å². The van der Waals surface area contributed by atoms with Gasteiger partial charge in [0, 0.05) is 14.2 Å². The molecule has 2 aromatic rings. The van der Waals surface area contributed by atoms with Crippen molar-refractivity contribution in [3.05, 3.63) is 70.8 Å². The fraction of sp³-hybridized carbons (Fsp3) is 0.222. The van der Waals surface area contributed by atoms with Crippen molar-refractivity contribution in [1.82, 2.24) is 0 Å². The van der Waals surface area contributed by atoms with Crippen LogP contribution in [-0.4, -0.2) is 42.7 Å². The lowest BCUT2D eigenvalue weighted by Crippen LogP contribution is -2.26. The minimum atomic E-state index is -1.31. The van der Waals surface area contributed by atoms with Crippen LogP contribution < -0.4 is 0 Å². The molecule has 2 N–H and O–H groups in total. The molecule has 1 atom stereocenters. The predicted octanol–water partition coefficient (Wildman–Crippen LogP) is 2.83. The van der Waals surface area contributed by atoms with Crippen molar-refractivity contribution < 1.29 is 29.3 Å². The third-order valence-corrected chi connectivity index (χ3v) is 3.77. The van der Waals surface area contributed by atoms with E-state index in [0.717, 1.165) is 5.56 Å². The van der Waals surface area contributed by atoms with Gasteiger partial charge in [0.2, 0.25) is 0 Å². The molecule has 0 amide bonds. The fourth-order valence-electron chi connectivity index (χ4n) is 2.76. The van der Waals surface area contributed by atoms with Crippen molar-refractivity contribution >= 4 is 11.9 Å². The summed E-state index contributed by atoms with van der Waals surface area (Å²) >= 11 is 0. The summed E-state index contributed by atoms with van der Waals surface area (Å²) in [5.74, 6) is -3.20. The van der Waals surface area contributed by atoms with Gasteiger partial charge in [-0.1, -0.05) is 42.5 Å². The van der Waals surface area contributed by atoms with Gasteiger partial charge >= 0.3 is 11.9 Å². The molecule has 0 spiro atoms. The zero-order valence-electron chi connectivity index (χ0n) is 13.3. The first kappa shape index (κ1) is 17.7. The molecule has 6 heteroatoms. The SMILES string of the molecule is COC(OC)C(c1ccccc1)c1cccc(C(=O)O)c1C(=O)O. The van der Waals surface area contributed by atoms with Gasteiger partial charge in [0.15, 0.2) is 6.29 Å². The van der Waals surface area contributed by atoms with Gasteiger partial charge in [-0.15, -0.1) is 0 Å². The summed E-state index contributed by atoms with van der Waals surface area (Å²) < 4.78 is 10.7. The Labute approximate surface area is 139 Å². The van der Waals surface area contributed by atoms with Crippen molar-refractivity contribution in [2.75, 3.05) is 14.2 Å². The molecule has 0 aliphatic heterocycles. The van der Waals surface area contributed by atoms with E-state index in [1.165, 1.54) is 26.4 Å². The lowest BCUT2D eigenvalue weighted by Gasteiger charge is -2.27. The number of carbonyl (C=O) groups is 2. The minimum Gasteiger partial charge on any atom is -0.478 e. The van der Waals surface area contributed by atoms with E-state index in [4.69, 9.17) is 9.47 Å². The summed E-state index contributed by atoms with van der Waals surface area (Å²) in [7, 11) is 2.90. The maximum Gasteiger partial charge on any atom is 0.336 e. The summed E-state index contributed by atoms with van der Waals surface area (Å²) in [6.07, 6.45) is -0.769. The summed E-state index contributed by atoms with van der Waals surface area (Å²) in [4.78, 5) is 23.2. The van der Waals surface area contributed by atoms with Gasteiger partial charge in [0.05, 0.1) is 17.0 Å². The molecule has 0 heterocycles. The molecule has 0 saturated carbocycles. The molecular formula is C18H18O6. The smallest absolute Gasteiger partial charge is 0.336 e. The third-order valence-electron chi connectivity index (χ3n) is 3.77. The third kappa shape index (κ3) is 3.45. The van der Waals surface area contributed by atoms with E-state index in [9.17, 15) is 19.8 Å². The second kappa shape index (κ2) is 7.72. The van der Waals surface area contributed by atoms with Crippen LogP contribution in [0.15, 0.2) is 48.5 Å². The van der Waals surface area contributed by atoms with Gasteiger partial charge in [-0.3, -0.25) is 0 Å². The molecule has 126 valence electrons. The van der Waals surface area contributed by atoms with Crippen molar-refractivity contribution in [1.29, 1.82) is 0 Å². The highest BCUT2D eigenvalue weighted by molar-refractivity contribution is 6.03. The first-order valence-corrected chi connectivity index (χ1v) is 7.21. The molecule has 1 unspecified atom stereocenters. The molecule has 24 heavy (non-hydrogen) atoms. The van der Waals surface area contributed by atoms with Crippen LogP contribution >= 0.6 is 0 Å². The Bertz CT molecular complexity index is 722. The first-order valence-electron chi connectivity index (χ1n) is 7.21. The lowest BCUT2D eigenvalue weighted by molar-refractivity contribution is -0.111. The van der Waals surface area contributed by atoms with Gasteiger partial charge in [0.25, 0.3) is 0 Å². The summed E-state index contributed by atoms with van der Waals surface area (Å²) in [5, 5.41) is 18.9. The monoisotopic (exact) mass is 330 g/mol. The number of ether oxygens (including phenoxy) is 2. The van der Waals surface area contributed by atoms with Crippen molar-refractivity contribution in [3.8, 4) is 0 Å². The Kier molecular flexibility index (Phi) is 5.68. The number of benzene rings is 2. The number of carboxylic acid groups (broad SMARTS) is 2.